The first-order chi connectivity index (χ1) is 17.2. The van der Waals surface area contributed by atoms with Gasteiger partial charge in [-0.2, -0.15) is 0 Å². The van der Waals surface area contributed by atoms with Crippen LogP contribution in [0.25, 0.3) is 0 Å². The predicted molar refractivity (Wildman–Crippen MR) is 123 cm³/mol. The van der Waals surface area contributed by atoms with Gasteiger partial charge in [0, 0.05) is 11.1 Å². The molecule has 1 unspecified atom stereocenters. The number of ketones is 2. The van der Waals surface area contributed by atoms with E-state index in [9.17, 15) is 34.3 Å². The number of halogens is 1. The molecule has 0 radical (unpaired) electrons. The highest BCUT2D eigenvalue weighted by atomic mass is 19.1. The van der Waals surface area contributed by atoms with Gasteiger partial charge in [0.25, 0.3) is 0 Å². The Labute approximate surface area is 202 Å². The fourth-order valence-electron chi connectivity index (χ4n) is 4.13. The van der Waals surface area contributed by atoms with Crippen LogP contribution in [0.3, 0.4) is 0 Å². The van der Waals surface area contributed by atoms with Crippen LogP contribution in [0.2, 0.25) is 0 Å². The third-order valence-electron chi connectivity index (χ3n) is 5.93. The van der Waals surface area contributed by atoms with Crippen LogP contribution in [0.5, 0.6) is 0 Å². The molecule has 186 valence electrons. The van der Waals surface area contributed by atoms with E-state index in [1.54, 1.807) is 12.1 Å². The number of carbonyl (C=O) groups is 2. The number of hydrogen-bond donors (Lipinski definition) is 4. The molecule has 0 aliphatic carbocycles. The van der Waals surface area contributed by atoms with Crippen molar-refractivity contribution in [2.75, 3.05) is 17.7 Å². The molecular formula is C23H20FN5O7. The minimum Gasteiger partial charge on any atom is -0.378 e. The van der Waals surface area contributed by atoms with Gasteiger partial charge in [-0.3, -0.25) is 19.7 Å². The lowest BCUT2D eigenvalue weighted by Gasteiger charge is -2.38. The molecule has 1 aliphatic rings. The summed E-state index contributed by atoms with van der Waals surface area (Å²) < 4.78 is 19.7. The second kappa shape index (κ2) is 9.37. The summed E-state index contributed by atoms with van der Waals surface area (Å²) in [5.41, 5.74) is -1.86. The molecule has 36 heavy (non-hydrogen) atoms. The summed E-state index contributed by atoms with van der Waals surface area (Å²) in [7, 11) is 0. The van der Waals surface area contributed by atoms with E-state index in [0.29, 0.717) is 0 Å². The number of aliphatic hydroxyl groups is 2. The van der Waals surface area contributed by atoms with Crippen molar-refractivity contribution in [3.63, 3.8) is 0 Å². The normalized spacial score (nSPS) is 25.3. The maximum Gasteiger partial charge on any atom is 0.353 e. The highest BCUT2D eigenvalue weighted by Gasteiger charge is 2.73. The number of nitrogens with zero attached hydrogens (tertiary/aromatic N) is 3. The van der Waals surface area contributed by atoms with Crippen molar-refractivity contribution in [1.29, 1.82) is 0 Å². The third kappa shape index (κ3) is 3.75. The van der Waals surface area contributed by atoms with Crippen molar-refractivity contribution < 1.29 is 33.9 Å². The molecule has 4 rings (SSSR count). The topological polar surface area (TPSA) is 191 Å². The van der Waals surface area contributed by atoms with Crippen LogP contribution in [0.4, 0.5) is 21.7 Å². The number of Topliss-reactive ketones (excluding diaryl/α,β-unsaturated/α-hetero) is 2. The van der Waals surface area contributed by atoms with Crippen molar-refractivity contribution in [3.05, 3.63) is 88.2 Å². The van der Waals surface area contributed by atoms with E-state index in [1.807, 2.05) is 0 Å². The van der Waals surface area contributed by atoms with Crippen molar-refractivity contribution in [3.8, 4) is 0 Å². The molecule has 1 aromatic heterocycles. The molecule has 12 nitrogen and oxygen atoms in total. The number of aromatic nitrogens is 2. The molecule has 2 aromatic carbocycles. The van der Waals surface area contributed by atoms with Crippen LogP contribution in [0.1, 0.15) is 20.7 Å². The molecule has 0 bridgehead atoms. The molecule has 3 aromatic rings. The number of alkyl halides is 1. The van der Waals surface area contributed by atoms with Crippen molar-refractivity contribution in [1.82, 2.24) is 9.97 Å². The van der Waals surface area contributed by atoms with Crippen LogP contribution in [0, 0.1) is 10.1 Å². The third-order valence-corrected chi connectivity index (χ3v) is 5.93. The average molecular weight is 497 g/mol. The van der Waals surface area contributed by atoms with Gasteiger partial charge in [0.05, 0.1) is 4.92 Å². The predicted octanol–water partition coefficient (Wildman–Crippen LogP) is 1.30. The molecule has 0 spiro atoms. The Morgan fingerprint density at radius 3 is 2.06 bits per heavy atom. The molecule has 2 heterocycles. The Bertz CT molecular complexity index is 1310. The summed E-state index contributed by atoms with van der Waals surface area (Å²) >= 11 is 0. The monoisotopic (exact) mass is 497 g/mol. The van der Waals surface area contributed by atoms with Gasteiger partial charge in [-0.1, -0.05) is 60.7 Å². The first-order valence-corrected chi connectivity index (χ1v) is 10.5. The summed E-state index contributed by atoms with van der Waals surface area (Å²) in [6, 6.07) is 14.3. The Kier molecular flexibility index (Phi) is 6.45. The van der Waals surface area contributed by atoms with E-state index in [1.165, 1.54) is 48.5 Å². The average Bonchev–Trinajstić information content (AvgIpc) is 3.11. The zero-order chi connectivity index (χ0) is 26.1. The number of rotatable bonds is 8. The van der Waals surface area contributed by atoms with Gasteiger partial charge >= 0.3 is 5.69 Å². The Hall–Kier alpha value is -4.33. The molecule has 1 fully saturated rings. The quantitative estimate of drug-likeness (QED) is 0.199. The summed E-state index contributed by atoms with van der Waals surface area (Å²) in [6.45, 7) is -1.49. The number of nitrogen functional groups attached to an aromatic ring is 1. The first kappa shape index (κ1) is 24.8. The van der Waals surface area contributed by atoms with Gasteiger partial charge in [0.2, 0.25) is 28.8 Å². The van der Waals surface area contributed by atoms with Gasteiger partial charge in [-0.15, -0.1) is 0 Å². The van der Waals surface area contributed by atoms with Crippen LogP contribution in [-0.2, 0) is 4.74 Å². The van der Waals surface area contributed by atoms with Crippen LogP contribution < -0.4 is 11.1 Å². The van der Waals surface area contributed by atoms with Crippen molar-refractivity contribution in [2.24, 2.45) is 0 Å². The number of benzene rings is 2. The van der Waals surface area contributed by atoms with E-state index >= 15 is 0 Å². The number of anilines is 2. The fourth-order valence-corrected chi connectivity index (χ4v) is 4.13. The summed E-state index contributed by atoms with van der Waals surface area (Å²) in [5.74, 6) is -3.54. The number of nitrogens with two attached hydrogens (primary N) is 1. The lowest BCUT2D eigenvalue weighted by Crippen LogP contribution is -2.69. The largest absolute Gasteiger partial charge is 0.378 e. The van der Waals surface area contributed by atoms with Gasteiger partial charge < -0.3 is 26.0 Å². The second-order valence-corrected chi connectivity index (χ2v) is 7.94. The maximum atomic E-state index is 14.2. The number of hydrogen-bond acceptors (Lipinski definition) is 11. The van der Waals surface area contributed by atoms with Gasteiger partial charge in [-0.05, 0) is 0 Å². The van der Waals surface area contributed by atoms with E-state index in [4.69, 9.17) is 10.5 Å². The molecule has 13 heteroatoms. The minimum atomic E-state index is -3.17. The highest BCUT2D eigenvalue weighted by molar-refractivity contribution is 6.13. The van der Waals surface area contributed by atoms with Gasteiger partial charge in [0.15, 0.2) is 11.8 Å². The molecule has 0 amide bonds. The number of nitro groups is 1. The lowest BCUT2D eigenvalue weighted by atomic mass is 9.71. The molecular weight excluding hydrogens is 477 g/mol. The molecule has 0 saturated carbocycles. The van der Waals surface area contributed by atoms with Gasteiger partial charge in [-0.25, -0.2) is 14.4 Å². The second-order valence-electron chi connectivity index (χ2n) is 7.94. The SMILES string of the molecule is Nc1ncnc(NC2O[C@H](CF)[C@](O)(C(=O)c3ccccc3)[C@]2(O)C(=O)c2ccccc2)c1[N+](=O)[O-]. The molecule has 5 N–H and O–H groups in total. The van der Waals surface area contributed by atoms with E-state index in [0.717, 1.165) is 6.33 Å². The summed E-state index contributed by atoms with van der Waals surface area (Å²) in [5, 5.41) is 37.5. The molecule has 1 aliphatic heterocycles. The Morgan fingerprint density at radius 1 is 1.03 bits per heavy atom. The molecule has 4 atom stereocenters. The van der Waals surface area contributed by atoms with Crippen LogP contribution in [-0.4, -0.2) is 66.9 Å². The standard InChI is InChI=1S/C23H20FN5O7/c24-11-15-22(32,17(30)13-7-3-1-4-8-13)23(33,18(31)14-9-5-2-6-10-14)21(36-15)28-20-16(29(34)35)19(25)26-12-27-20/h1-10,12,15,21,32-33H,11H2,(H3,25,26,27,28)/t15-,21?,22+,23+/m1/s1. The van der Waals surface area contributed by atoms with Crippen molar-refractivity contribution >= 4 is 28.9 Å². The van der Waals surface area contributed by atoms with Crippen LogP contribution in [0.15, 0.2) is 67.0 Å². The Balaban J connectivity index is 1.90. The fraction of sp³-hybridized carbons (Fsp3) is 0.217. The highest BCUT2D eigenvalue weighted by Crippen LogP contribution is 2.45. The lowest BCUT2D eigenvalue weighted by molar-refractivity contribution is -0.383. The number of carbonyl (C=O) groups excluding carboxylic acids is 2. The Morgan fingerprint density at radius 2 is 1.56 bits per heavy atom. The van der Waals surface area contributed by atoms with Gasteiger partial charge in [0.1, 0.15) is 19.1 Å². The summed E-state index contributed by atoms with van der Waals surface area (Å²) in [4.78, 5) is 45.1. The number of ether oxygens (including phenoxy) is 1. The van der Waals surface area contributed by atoms with E-state index in [2.05, 4.69) is 15.3 Å². The maximum absolute atomic E-state index is 14.2. The zero-order valence-corrected chi connectivity index (χ0v) is 18.4. The summed E-state index contributed by atoms with van der Waals surface area (Å²) in [6.07, 6.45) is -3.25. The number of nitrogens with one attached hydrogen (secondary N) is 1. The van der Waals surface area contributed by atoms with Crippen molar-refractivity contribution in [2.45, 2.75) is 23.5 Å². The van der Waals surface area contributed by atoms with E-state index in [-0.39, 0.29) is 11.1 Å². The smallest absolute Gasteiger partial charge is 0.353 e. The van der Waals surface area contributed by atoms with E-state index < -0.39 is 64.0 Å². The minimum absolute atomic E-state index is 0.140. The molecule has 1 saturated heterocycles. The first-order valence-electron chi connectivity index (χ1n) is 10.5. The zero-order valence-electron chi connectivity index (χ0n) is 18.4. The van der Waals surface area contributed by atoms with Crippen LogP contribution >= 0.6 is 0 Å².